The lowest BCUT2D eigenvalue weighted by atomic mass is 10.0. The third kappa shape index (κ3) is 27.5. The van der Waals surface area contributed by atoms with Gasteiger partial charge in [-0.3, -0.25) is 53.1 Å². The maximum atomic E-state index is 13.6. The van der Waals surface area contributed by atoms with Crippen LogP contribution in [0.25, 0.3) is 0 Å². The molecule has 0 bridgehead atoms. The average Bonchev–Trinajstić information content (AvgIpc) is 3.30. The summed E-state index contributed by atoms with van der Waals surface area (Å²) in [6, 6.07) is 5.22. The first-order valence-electron chi connectivity index (χ1n) is 24.9. The summed E-state index contributed by atoms with van der Waals surface area (Å²) < 4.78 is 0. The van der Waals surface area contributed by atoms with E-state index in [0.29, 0.717) is 96.6 Å². The molecule has 0 aliphatic carbocycles. The predicted octanol–water partition coefficient (Wildman–Crippen LogP) is -0.612. The highest BCUT2D eigenvalue weighted by Gasteiger charge is 2.30. The average molecular weight is 988 g/mol. The molecule has 1 aliphatic rings. The second-order valence-corrected chi connectivity index (χ2v) is 17.8. The minimum absolute atomic E-state index is 0.0210. The fourth-order valence-corrected chi connectivity index (χ4v) is 7.98. The molecule has 0 radical (unpaired) electrons. The number of nitrogens with one attached hydrogen (secondary N) is 5. The van der Waals surface area contributed by atoms with Gasteiger partial charge in [-0.1, -0.05) is 63.4 Å². The molecule has 0 saturated carbocycles. The van der Waals surface area contributed by atoms with Crippen molar-refractivity contribution in [2.45, 2.75) is 122 Å². The van der Waals surface area contributed by atoms with Crippen LogP contribution in [0.2, 0.25) is 0 Å². The fraction of sp³-hybridized carbons (Fsp3) is 0.688. The number of carboxylic acid groups (broad SMARTS) is 2. The van der Waals surface area contributed by atoms with E-state index in [1.54, 1.807) is 40.1 Å². The molecule has 3 unspecified atom stereocenters. The van der Waals surface area contributed by atoms with Crippen molar-refractivity contribution >= 4 is 53.3 Å². The van der Waals surface area contributed by atoms with E-state index < -0.39 is 66.1 Å². The van der Waals surface area contributed by atoms with Crippen molar-refractivity contribution < 1.29 is 53.4 Å². The highest BCUT2D eigenvalue weighted by atomic mass is 16.4. The van der Waals surface area contributed by atoms with Gasteiger partial charge in [0.1, 0.15) is 18.1 Å². The number of unbranched alkanes of at least 4 members (excludes halogenated alkanes) is 5. The van der Waals surface area contributed by atoms with Crippen LogP contribution in [-0.4, -0.2) is 193 Å². The van der Waals surface area contributed by atoms with Crippen molar-refractivity contribution in [2.75, 3.05) is 91.6 Å². The van der Waals surface area contributed by atoms with Crippen molar-refractivity contribution in [2.24, 2.45) is 11.5 Å². The molecule has 22 heteroatoms. The quantitative estimate of drug-likeness (QED) is 0.0397. The van der Waals surface area contributed by atoms with E-state index >= 15 is 0 Å². The van der Waals surface area contributed by atoms with Gasteiger partial charge in [0.25, 0.3) is 0 Å². The molecular weight excluding hydrogens is 907 g/mol. The zero-order chi connectivity index (χ0) is 51.7. The number of carbonyl (C=O) groups is 9. The van der Waals surface area contributed by atoms with Gasteiger partial charge in [-0.15, -0.1) is 0 Å². The number of hydrogen-bond donors (Lipinski definition) is 9. The molecule has 1 aromatic rings. The van der Waals surface area contributed by atoms with Gasteiger partial charge in [0.15, 0.2) is 0 Å². The predicted molar refractivity (Wildman–Crippen MR) is 263 cm³/mol. The molecule has 0 spiro atoms. The van der Waals surface area contributed by atoms with Crippen LogP contribution in [-0.2, 0) is 49.6 Å². The van der Waals surface area contributed by atoms with Crippen LogP contribution >= 0.6 is 0 Å². The van der Waals surface area contributed by atoms with Gasteiger partial charge in [-0.2, -0.15) is 0 Å². The molecule has 1 heterocycles. The number of likely N-dealkylation sites (N-methyl/N-ethyl adjacent to an activating group) is 1. The second-order valence-electron chi connectivity index (χ2n) is 17.8. The van der Waals surface area contributed by atoms with E-state index in [0.717, 1.165) is 32.1 Å². The number of carbonyl (C=O) groups excluding carboxylic acids is 7. The van der Waals surface area contributed by atoms with E-state index in [4.69, 9.17) is 11.5 Å². The van der Waals surface area contributed by atoms with Crippen molar-refractivity contribution in [3.63, 3.8) is 0 Å². The monoisotopic (exact) mass is 988 g/mol. The molecule has 2 rings (SSSR count). The fourth-order valence-electron chi connectivity index (χ4n) is 7.98. The Balaban J connectivity index is 1.93. The normalized spacial score (nSPS) is 15.7. The van der Waals surface area contributed by atoms with E-state index in [-0.39, 0.29) is 63.7 Å². The van der Waals surface area contributed by atoms with E-state index in [1.807, 2.05) is 11.8 Å². The van der Waals surface area contributed by atoms with Crippen LogP contribution in [0.15, 0.2) is 30.3 Å². The zero-order valence-electron chi connectivity index (χ0n) is 41.4. The van der Waals surface area contributed by atoms with Gasteiger partial charge < -0.3 is 53.2 Å². The lowest BCUT2D eigenvalue weighted by Gasteiger charge is -2.35. The summed E-state index contributed by atoms with van der Waals surface area (Å²) in [6.07, 6.45) is 6.55. The first kappa shape index (κ1) is 60.4. The molecule has 1 aromatic carbocycles. The largest absolute Gasteiger partial charge is 0.480 e. The van der Waals surface area contributed by atoms with Gasteiger partial charge in [0.05, 0.1) is 19.6 Å². The van der Waals surface area contributed by atoms with Crippen molar-refractivity contribution in [1.29, 1.82) is 0 Å². The lowest BCUT2D eigenvalue weighted by molar-refractivity contribution is -0.144. The Hall–Kier alpha value is -5.71. The number of aliphatic carboxylic acids is 2. The Bertz CT molecular complexity index is 1790. The third-order valence-electron chi connectivity index (χ3n) is 12.1. The standard InChI is InChI=1S/C48H81N11O11/c1-3-5-22-51-42(62)18-11-6-7-12-19-43(63)52-23-14-13-17-37(47(67)68)55-46(66)38(32-36-15-9-8-10-16-36)54-45(65)33-53-44(64)21-20-39(48(69)70)59-30-28-56(4-2)24-25-57(34-40(49)60)26-27-58(29-31-59)35-41(50)61/h8-10,15-16,37-39H,3-7,11-14,17-35H2,1-2H3,(H2,49,60)(H2,50,61)(H,51,62)(H,52,63)(H,53,64)(H,54,65)(H,55,66)(H,67,68)(H,69,70). The van der Waals surface area contributed by atoms with Crippen LogP contribution in [0.3, 0.4) is 0 Å². The lowest BCUT2D eigenvalue weighted by Crippen LogP contribution is -2.54. The number of nitrogens with zero attached hydrogens (tertiary/aromatic N) is 4. The second kappa shape index (κ2) is 35.4. The first-order valence-corrected chi connectivity index (χ1v) is 24.9. The summed E-state index contributed by atoms with van der Waals surface area (Å²) in [5.41, 5.74) is 11.7. The molecule has 1 aliphatic heterocycles. The number of nitrogens with two attached hydrogens (primary N) is 2. The number of rotatable bonds is 33. The Morgan fingerprint density at radius 3 is 1.61 bits per heavy atom. The number of hydrogen-bond acceptors (Lipinski definition) is 13. The molecule has 70 heavy (non-hydrogen) atoms. The van der Waals surface area contributed by atoms with Crippen molar-refractivity contribution in [3.05, 3.63) is 35.9 Å². The summed E-state index contributed by atoms with van der Waals surface area (Å²) in [5.74, 6) is -5.57. The highest BCUT2D eigenvalue weighted by Crippen LogP contribution is 2.12. The van der Waals surface area contributed by atoms with E-state index in [2.05, 4.69) is 38.4 Å². The van der Waals surface area contributed by atoms with Crippen LogP contribution in [0.1, 0.15) is 103 Å². The van der Waals surface area contributed by atoms with Gasteiger partial charge in [0.2, 0.25) is 41.4 Å². The van der Waals surface area contributed by atoms with Crippen molar-refractivity contribution in [3.8, 4) is 0 Å². The Labute approximate surface area is 412 Å². The summed E-state index contributed by atoms with van der Waals surface area (Å²) >= 11 is 0. The topological polar surface area (TPSA) is 319 Å². The molecule has 0 aromatic heterocycles. The molecule has 394 valence electrons. The summed E-state index contributed by atoms with van der Waals surface area (Å²) in [4.78, 5) is 120. The molecule has 3 atom stereocenters. The molecule has 11 N–H and O–H groups in total. The molecule has 22 nitrogen and oxygen atoms in total. The molecular formula is C48H81N11O11. The van der Waals surface area contributed by atoms with Crippen LogP contribution < -0.4 is 38.1 Å². The van der Waals surface area contributed by atoms with Crippen LogP contribution in [0.5, 0.6) is 0 Å². The van der Waals surface area contributed by atoms with Crippen molar-refractivity contribution in [1.82, 2.24) is 46.2 Å². The van der Waals surface area contributed by atoms with Gasteiger partial charge in [0, 0.05) is 91.1 Å². The summed E-state index contributed by atoms with van der Waals surface area (Å²) in [6.45, 7) is 8.41. The van der Waals surface area contributed by atoms with Gasteiger partial charge in [-0.25, -0.2) is 4.79 Å². The van der Waals surface area contributed by atoms with Gasteiger partial charge >= 0.3 is 11.9 Å². The molecule has 1 saturated heterocycles. The number of carboxylic acids is 2. The summed E-state index contributed by atoms with van der Waals surface area (Å²) in [5, 5.41) is 33.7. The zero-order valence-corrected chi connectivity index (χ0v) is 41.4. The molecule has 1 fully saturated rings. The Morgan fingerprint density at radius 2 is 1.09 bits per heavy atom. The molecule has 7 amide bonds. The minimum Gasteiger partial charge on any atom is -0.480 e. The van der Waals surface area contributed by atoms with E-state index in [9.17, 15) is 53.4 Å². The Kier molecular flexibility index (Phi) is 30.5. The SMILES string of the molecule is CCCCNC(=O)CCCCCCC(=O)NCCCCC(NC(=O)C(Cc1ccccc1)NC(=O)CNC(=O)CCC(C(=O)O)N1CCN(CC)CCN(CC(N)=O)CCN(CC(N)=O)CC1)C(=O)O. The van der Waals surface area contributed by atoms with Crippen LogP contribution in [0, 0.1) is 0 Å². The highest BCUT2D eigenvalue weighted by molar-refractivity contribution is 5.92. The first-order chi connectivity index (χ1) is 33.5. The summed E-state index contributed by atoms with van der Waals surface area (Å²) in [7, 11) is 0. The minimum atomic E-state index is -1.28. The number of primary amides is 2. The third-order valence-corrected chi connectivity index (χ3v) is 12.1. The van der Waals surface area contributed by atoms with E-state index in [1.165, 1.54) is 0 Å². The number of benzene rings is 1. The van der Waals surface area contributed by atoms with Gasteiger partial charge in [-0.05, 0) is 57.1 Å². The maximum Gasteiger partial charge on any atom is 0.326 e. The maximum absolute atomic E-state index is 13.6. The number of amides is 7. The van der Waals surface area contributed by atoms with Crippen LogP contribution in [0.4, 0.5) is 0 Å². The Morgan fingerprint density at radius 1 is 0.557 bits per heavy atom. The smallest absolute Gasteiger partial charge is 0.326 e.